The summed E-state index contributed by atoms with van der Waals surface area (Å²) in [6, 6.07) is 10.2. The first kappa shape index (κ1) is 10.9. The molecular formula is C13H17N3. The van der Waals surface area contributed by atoms with Crippen LogP contribution in [0.4, 0.5) is 0 Å². The fraction of sp³-hybridized carbons (Fsp3) is 0.308. The number of nitrogens with one attached hydrogen (secondary N) is 1. The summed E-state index contributed by atoms with van der Waals surface area (Å²) in [5.41, 5.74) is 7.78. The monoisotopic (exact) mass is 215 g/mol. The molecule has 0 radical (unpaired) electrons. The van der Waals surface area contributed by atoms with E-state index in [-0.39, 0.29) is 0 Å². The molecule has 2 rings (SSSR count). The van der Waals surface area contributed by atoms with E-state index in [2.05, 4.69) is 29.0 Å². The van der Waals surface area contributed by atoms with Gasteiger partial charge in [-0.15, -0.1) is 0 Å². The molecule has 16 heavy (non-hydrogen) atoms. The lowest BCUT2D eigenvalue weighted by Gasteiger charge is -2.05. The average Bonchev–Trinajstić information content (AvgIpc) is 2.80. The van der Waals surface area contributed by atoms with E-state index in [0.29, 0.717) is 12.5 Å². The van der Waals surface area contributed by atoms with E-state index >= 15 is 0 Å². The van der Waals surface area contributed by atoms with Crippen LogP contribution in [0, 0.1) is 0 Å². The molecule has 3 nitrogen and oxygen atoms in total. The number of aromatic nitrogens is 2. The first-order valence-electron chi connectivity index (χ1n) is 5.61. The third-order valence-corrected chi connectivity index (χ3v) is 2.75. The van der Waals surface area contributed by atoms with Crippen LogP contribution in [0.2, 0.25) is 0 Å². The first-order valence-corrected chi connectivity index (χ1v) is 5.61. The van der Waals surface area contributed by atoms with Gasteiger partial charge in [-0.3, -0.25) is 0 Å². The van der Waals surface area contributed by atoms with Crippen LogP contribution in [-0.2, 0) is 0 Å². The highest BCUT2D eigenvalue weighted by Gasteiger charge is 2.09. The predicted molar refractivity (Wildman–Crippen MR) is 66.1 cm³/mol. The maximum absolute atomic E-state index is 5.54. The van der Waals surface area contributed by atoms with Crippen molar-refractivity contribution in [2.45, 2.75) is 19.3 Å². The smallest absolute Gasteiger partial charge is 0.109 e. The normalized spacial score (nSPS) is 12.6. The van der Waals surface area contributed by atoms with Crippen molar-refractivity contribution in [1.29, 1.82) is 0 Å². The zero-order valence-corrected chi connectivity index (χ0v) is 9.48. The Morgan fingerprint density at radius 2 is 2.06 bits per heavy atom. The number of aromatic amines is 1. The van der Waals surface area contributed by atoms with Gasteiger partial charge in [-0.2, -0.15) is 0 Å². The van der Waals surface area contributed by atoms with Crippen molar-refractivity contribution in [1.82, 2.24) is 9.97 Å². The van der Waals surface area contributed by atoms with Gasteiger partial charge in [0.25, 0.3) is 0 Å². The molecule has 2 aromatic rings. The standard InChI is InChI=1S/C13H17N3/c1-10(7-8-14)13-15-9-12(16-13)11-5-3-2-4-6-11/h2-6,9-10H,7-8,14H2,1H3,(H,15,16). The van der Waals surface area contributed by atoms with Gasteiger partial charge < -0.3 is 10.7 Å². The van der Waals surface area contributed by atoms with E-state index < -0.39 is 0 Å². The van der Waals surface area contributed by atoms with Crippen LogP contribution in [-0.4, -0.2) is 16.5 Å². The number of hydrogen-bond acceptors (Lipinski definition) is 2. The Hall–Kier alpha value is -1.61. The number of nitrogens with zero attached hydrogens (tertiary/aromatic N) is 1. The highest BCUT2D eigenvalue weighted by molar-refractivity contribution is 5.58. The van der Waals surface area contributed by atoms with Gasteiger partial charge in [0.1, 0.15) is 5.82 Å². The van der Waals surface area contributed by atoms with Crippen molar-refractivity contribution < 1.29 is 0 Å². The molecule has 3 heteroatoms. The van der Waals surface area contributed by atoms with Crippen LogP contribution in [0.15, 0.2) is 36.5 Å². The zero-order chi connectivity index (χ0) is 11.4. The van der Waals surface area contributed by atoms with Crippen LogP contribution in [0.25, 0.3) is 11.3 Å². The van der Waals surface area contributed by atoms with Gasteiger partial charge in [0.05, 0.1) is 11.9 Å². The molecule has 84 valence electrons. The van der Waals surface area contributed by atoms with Gasteiger partial charge in [-0.25, -0.2) is 4.98 Å². The van der Waals surface area contributed by atoms with Crippen LogP contribution in [0.1, 0.15) is 25.1 Å². The summed E-state index contributed by atoms with van der Waals surface area (Å²) in [6.45, 7) is 2.84. The summed E-state index contributed by atoms with van der Waals surface area (Å²) < 4.78 is 0. The Morgan fingerprint density at radius 1 is 1.31 bits per heavy atom. The maximum Gasteiger partial charge on any atom is 0.109 e. The van der Waals surface area contributed by atoms with E-state index in [9.17, 15) is 0 Å². The molecule has 0 saturated heterocycles. The van der Waals surface area contributed by atoms with Crippen LogP contribution < -0.4 is 5.73 Å². The molecule has 0 amide bonds. The third kappa shape index (κ3) is 2.31. The molecule has 0 aliphatic heterocycles. The fourth-order valence-corrected chi connectivity index (χ4v) is 1.74. The van der Waals surface area contributed by atoms with Crippen molar-refractivity contribution in [2.24, 2.45) is 5.73 Å². The minimum absolute atomic E-state index is 0.391. The molecule has 0 aliphatic rings. The Morgan fingerprint density at radius 3 is 2.75 bits per heavy atom. The topological polar surface area (TPSA) is 54.7 Å². The number of imidazole rings is 1. The van der Waals surface area contributed by atoms with E-state index in [1.807, 2.05) is 24.4 Å². The quantitative estimate of drug-likeness (QED) is 0.823. The molecule has 0 spiro atoms. The second kappa shape index (κ2) is 4.94. The maximum atomic E-state index is 5.54. The lowest BCUT2D eigenvalue weighted by Crippen LogP contribution is -2.05. The van der Waals surface area contributed by atoms with E-state index in [1.165, 1.54) is 5.56 Å². The first-order chi connectivity index (χ1) is 7.81. The minimum atomic E-state index is 0.391. The fourth-order valence-electron chi connectivity index (χ4n) is 1.74. The van der Waals surface area contributed by atoms with Gasteiger partial charge in [-0.1, -0.05) is 37.3 Å². The molecule has 1 heterocycles. The van der Waals surface area contributed by atoms with E-state index in [1.54, 1.807) is 0 Å². The molecule has 1 aromatic heterocycles. The van der Waals surface area contributed by atoms with Gasteiger partial charge in [0.2, 0.25) is 0 Å². The molecule has 0 bridgehead atoms. The number of nitrogens with two attached hydrogens (primary N) is 1. The largest absolute Gasteiger partial charge is 0.342 e. The van der Waals surface area contributed by atoms with E-state index in [0.717, 1.165) is 17.9 Å². The number of hydrogen-bond donors (Lipinski definition) is 2. The SMILES string of the molecule is CC(CCN)c1ncc(-c2ccccc2)[nH]1. The summed E-state index contributed by atoms with van der Waals surface area (Å²) in [6.07, 6.45) is 2.85. The summed E-state index contributed by atoms with van der Waals surface area (Å²) >= 11 is 0. The predicted octanol–water partition coefficient (Wildman–Crippen LogP) is 2.53. The Bertz CT molecular complexity index is 433. The Labute approximate surface area is 95.7 Å². The molecule has 1 atom stereocenters. The summed E-state index contributed by atoms with van der Waals surface area (Å²) in [5.74, 6) is 1.41. The number of H-pyrrole nitrogens is 1. The van der Waals surface area contributed by atoms with Crippen molar-refractivity contribution >= 4 is 0 Å². The summed E-state index contributed by atoms with van der Waals surface area (Å²) in [5, 5.41) is 0. The Balaban J connectivity index is 2.20. The average molecular weight is 215 g/mol. The summed E-state index contributed by atoms with van der Waals surface area (Å²) in [7, 11) is 0. The van der Waals surface area contributed by atoms with Gasteiger partial charge in [0, 0.05) is 5.92 Å². The summed E-state index contributed by atoms with van der Waals surface area (Å²) in [4.78, 5) is 7.75. The van der Waals surface area contributed by atoms with Crippen molar-refractivity contribution in [3.05, 3.63) is 42.4 Å². The van der Waals surface area contributed by atoms with Crippen molar-refractivity contribution in [3.63, 3.8) is 0 Å². The van der Waals surface area contributed by atoms with E-state index in [4.69, 9.17) is 5.73 Å². The minimum Gasteiger partial charge on any atom is -0.342 e. The Kier molecular flexibility index (Phi) is 3.37. The molecule has 0 fully saturated rings. The molecule has 0 saturated carbocycles. The highest BCUT2D eigenvalue weighted by Crippen LogP contribution is 2.20. The molecule has 0 aliphatic carbocycles. The number of rotatable bonds is 4. The highest BCUT2D eigenvalue weighted by atomic mass is 14.9. The second-order valence-corrected chi connectivity index (χ2v) is 4.03. The van der Waals surface area contributed by atoms with Gasteiger partial charge >= 0.3 is 0 Å². The molecule has 3 N–H and O–H groups in total. The zero-order valence-electron chi connectivity index (χ0n) is 9.48. The number of benzene rings is 1. The van der Waals surface area contributed by atoms with Gasteiger partial charge in [-0.05, 0) is 18.5 Å². The third-order valence-electron chi connectivity index (χ3n) is 2.75. The second-order valence-electron chi connectivity index (χ2n) is 4.03. The molecule has 1 unspecified atom stereocenters. The molecular weight excluding hydrogens is 198 g/mol. The lowest BCUT2D eigenvalue weighted by molar-refractivity contribution is 0.655. The van der Waals surface area contributed by atoms with Crippen molar-refractivity contribution in [3.8, 4) is 11.3 Å². The van der Waals surface area contributed by atoms with Gasteiger partial charge in [0.15, 0.2) is 0 Å². The van der Waals surface area contributed by atoms with Crippen LogP contribution in [0.3, 0.4) is 0 Å². The van der Waals surface area contributed by atoms with Crippen molar-refractivity contribution in [2.75, 3.05) is 6.54 Å². The van der Waals surface area contributed by atoms with Crippen LogP contribution >= 0.6 is 0 Å². The molecule has 1 aromatic carbocycles. The lowest BCUT2D eigenvalue weighted by atomic mass is 10.1. The van der Waals surface area contributed by atoms with Crippen LogP contribution in [0.5, 0.6) is 0 Å².